The summed E-state index contributed by atoms with van der Waals surface area (Å²) >= 11 is 6.09. The highest BCUT2D eigenvalue weighted by molar-refractivity contribution is 7.89. The van der Waals surface area contributed by atoms with Crippen LogP contribution in [0.2, 0.25) is 5.02 Å². The average molecular weight is 397 g/mol. The van der Waals surface area contributed by atoms with E-state index in [1.54, 1.807) is 18.2 Å². The Morgan fingerprint density at radius 1 is 1.23 bits per heavy atom. The molecular formula is C17H17ClN2O5S. The van der Waals surface area contributed by atoms with Gasteiger partial charge in [-0.3, -0.25) is 4.79 Å². The van der Waals surface area contributed by atoms with Crippen LogP contribution >= 0.6 is 11.6 Å². The smallest absolute Gasteiger partial charge is 0.248 e. The largest absolute Gasteiger partial charge is 0.465 e. The second-order valence-corrected chi connectivity index (χ2v) is 7.81. The van der Waals surface area contributed by atoms with Crippen molar-refractivity contribution < 1.29 is 22.4 Å². The van der Waals surface area contributed by atoms with E-state index < -0.39 is 15.9 Å². The molecule has 0 aliphatic carbocycles. The van der Waals surface area contributed by atoms with E-state index in [4.69, 9.17) is 20.8 Å². The van der Waals surface area contributed by atoms with Crippen LogP contribution in [0.25, 0.3) is 6.08 Å². The number of ether oxygens (including phenoxy) is 1. The first-order valence-corrected chi connectivity index (χ1v) is 9.68. The lowest BCUT2D eigenvalue weighted by atomic mass is 10.3. The lowest BCUT2D eigenvalue weighted by molar-refractivity contribution is -0.111. The number of hydrogen-bond donors (Lipinski definition) is 1. The fourth-order valence-electron chi connectivity index (χ4n) is 2.43. The van der Waals surface area contributed by atoms with Gasteiger partial charge in [-0.2, -0.15) is 4.31 Å². The summed E-state index contributed by atoms with van der Waals surface area (Å²) in [5, 5.41) is 2.71. The van der Waals surface area contributed by atoms with Crippen molar-refractivity contribution in [3.63, 3.8) is 0 Å². The van der Waals surface area contributed by atoms with Gasteiger partial charge in [-0.1, -0.05) is 11.6 Å². The standard InChI is InChI=1S/C17H17ClN2O5S/c18-15-5-3-13(19-17(21)6-4-14-2-1-9-25-14)12-16(15)26(22,23)20-7-10-24-11-8-20/h1-6,9,12H,7-8,10-11H2,(H,19,21). The molecule has 0 bridgehead atoms. The zero-order valence-corrected chi connectivity index (χ0v) is 15.3. The van der Waals surface area contributed by atoms with Crippen molar-refractivity contribution in [2.45, 2.75) is 4.90 Å². The average Bonchev–Trinajstić information content (AvgIpc) is 3.16. The molecule has 1 aromatic heterocycles. The molecule has 0 saturated carbocycles. The van der Waals surface area contributed by atoms with E-state index in [-0.39, 0.29) is 23.0 Å². The highest BCUT2D eigenvalue weighted by Gasteiger charge is 2.28. The number of benzene rings is 1. The van der Waals surface area contributed by atoms with Crippen molar-refractivity contribution in [2.75, 3.05) is 31.6 Å². The molecule has 0 spiro atoms. The quantitative estimate of drug-likeness (QED) is 0.785. The Balaban J connectivity index is 1.78. The number of morpholine rings is 1. The van der Waals surface area contributed by atoms with Crippen molar-refractivity contribution in [3.05, 3.63) is 53.5 Å². The third-order valence-electron chi connectivity index (χ3n) is 3.73. The monoisotopic (exact) mass is 396 g/mol. The van der Waals surface area contributed by atoms with Crippen LogP contribution in [-0.4, -0.2) is 44.9 Å². The Morgan fingerprint density at radius 2 is 2.00 bits per heavy atom. The van der Waals surface area contributed by atoms with Gasteiger partial charge in [-0.15, -0.1) is 0 Å². The Hall–Kier alpha value is -2.13. The Morgan fingerprint density at radius 3 is 2.69 bits per heavy atom. The van der Waals surface area contributed by atoms with E-state index in [1.807, 2.05) is 0 Å². The van der Waals surface area contributed by atoms with Crippen LogP contribution in [0.15, 0.2) is 52.0 Å². The van der Waals surface area contributed by atoms with Crippen LogP contribution in [0.5, 0.6) is 0 Å². The number of amides is 1. The van der Waals surface area contributed by atoms with Gasteiger partial charge in [-0.25, -0.2) is 8.42 Å². The maximum absolute atomic E-state index is 12.8. The minimum absolute atomic E-state index is 0.0473. The van der Waals surface area contributed by atoms with E-state index >= 15 is 0 Å². The van der Waals surface area contributed by atoms with Crippen LogP contribution < -0.4 is 5.32 Å². The van der Waals surface area contributed by atoms with Crippen LogP contribution in [0.3, 0.4) is 0 Å². The van der Waals surface area contributed by atoms with E-state index in [9.17, 15) is 13.2 Å². The van der Waals surface area contributed by atoms with Crippen LogP contribution in [0.1, 0.15) is 5.76 Å². The minimum atomic E-state index is -3.76. The first-order valence-electron chi connectivity index (χ1n) is 7.87. The van der Waals surface area contributed by atoms with E-state index in [2.05, 4.69) is 5.32 Å². The van der Waals surface area contributed by atoms with Gasteiger partial charge in [0.2, 0.25) is 15.9 Å². The predicted molar refractivity (Wildman–Crippen MR) is 97.4 cm³/mol. The van der Waals surface area contributed by atoms with Gasteiger partial charge in [-0.05, 0) is 36.4 Å². The zero-order chi connectivity index (χ0) is 18.6. The fraction of sp³-hybridized carbons (Fsp3) is 0.235. The molecule has 3 rings (SSSR count). The molecule has 1 N–H and O–H groups in total. The summed E-state index contributed by atoms with van der Waals surface area (Å²) in [5.74, 6) is 0.116. The van der Waals surface area contributed by atoms with E-state index in [0.29, 0.717) is 24.7 Å². The number of hydrogen-bond acceptors (Lipinski definition) is 5. The minimum Gasteiger partial charge on any atom is -0.465 e. The van der Waals surface area contributed by atoms with Gasteiger partial charge >= 0.3 is 0 Å². The molecule has 1 aliphatic rings. The molecule has 0 unspecified atom stereocenters. The van der Waals surface area contributed by atoms with Gasteiger partial charge in [0, 0.05) is 24.9 Å². The Labute approximate surface area is 156 Å². The topological polar surface area (TPSA) is 88.8 Å². The Bertz CT molecular complexity index is 903. The predicted octanol–water partition coefficient (Wildman–Crippen LogP) is 2.61. The summed E-state index contributed by atoms with van der Waals surface area (Å²) in [5.41, 5.74) is 0.329. The normalized spacial score (nSPS) is 16.0. The third-order valence-corrected chi connectivity index (χ3v) is 6.11. The molecule has 1 saturated heterocycles. The van der Waals surface area contributed by atoms with Crippen molar-refractivity contribution in [2.24, 2.45) is 0 Å². The number of nitrogens with one attached hydrogen (secondary N) is 1. The SMILES string of the molecule is O=C(C=Cc1ccco1)Nc1ccc(Cl)c(S(=O)(=O)N2CCOCC2)c1. The number of nitrogens with zero attached hydrogens (tertiary/aromatic N) is 1. The summed E-state index contributed by atoms with van der Waals surface area (Å²) in [7, 11) is -3.76. The van der Waals surface area contributed by atoms with Gasteiger partial charge in [0.25, 0.3) is 0 Å². The molecule has 1 fully saturated rings. The van der Waals surface area contributed by atoms with E-state index in [0.717, 1.165) is 0 Å². The van der Waals surface area contributed by atoms with E-state index in [1.165, 1.54) is 34.9 Å². The number of anilines is 1. The molecule has 1 aliphatic heterocycles. The number of rotatable bonds is 5. The molecule has 1 aromatic carbocycles. The lowest BCUT2D eigenvalue weighted by Gasteiger charge is -2.26. The number of sulfonamides is 1. The molecule has 26 heavy (non-hydrogen) atoms. The summed E-state index contributed by atoms with van der Waals surface area (Å²) in [6, 6.07) is 7.75. The van der Waals surface area contributed by atoms with Crippen LogP contribution in [0.4, 0.5) is 5.69 Å². The molecule has 1 amide bonds. The molecule has 2 aromatic rings. The molecule has 9 heteroatoms. The maximum Gasteiger partial charge on any atom is 0.248 e. The number of furan rings is 1. The zero-order valence-electron chi connectivity index (χ0n) is 13.7. The Kier molecular flexibility index (Phi) is 5.77. The summed E-state index contributed by atoms with van der Waals surface area (Å²) in [4.78, 5) is 12.0. The molecule has 0 radical (unpaired) electrons. The highest BCUT2D eigenvalue weighted by Crippen LogP contribution is 2.28. The van der Waals surface area contributed by atoms with Crippen LogP contribution in [-0.2, 0) is 19.6 Å². The molecule has 7 nitrogen and oxygen atoms in total. The molecule has 138 valence electrons. The maximum atomic E-state index is 12.8. The van der Waals surface area contributed by atoms with Crippen LogP contribution in [0, 0.1) is 0 Å². The summed E-state index contributed by atoms with van der Waals surface area (Å²) < 4.78 is 37.2. The second-order valence-electron chi connectivity index (χ2n) is 5.50. The number of halogens is 1. The van der Waals surface area contributed by atoms with Crippen molar-refractivity contribution in [3.8, 4) is 0 Å². The van der Waals surface area contributed by atoms with Gasteiger partial charge in [0.05, 0.1) is 24.5 Å². The molecule has 2 heterocycles. The first-order chi connectivity index (χ1) is 12.5. The van der Waals surface area contributed by atoms with Gasteiger partial charge in [0.1, 0.15) is 10.7 Å². The summed E-state index contributed by atoms with van der Waals surface area (Å²) in [6.07, 6.45) is 4.31. The molecule has 0 atom stereocenters. The van der Waals surface area contributed by atoms with Crippen molar-refractivity contribution in [1.82, 2.24) is 4.31 Å². The fourth-order valence-corrected chi connectivity index (χ4v) is 4.34. The number of carbonyl (C=O) groups is 1. The second kappa shape index (κ2) is 8.05. The van der Waals surface area contributed by atoms with Gasteiger partial charge < -0.3 is 14.5 Å². The first kappa shape index (κ1) is 18.7. The number of carbonyl (C=O) groups excluding carboxylic acids is 1. The van der Waals surface area contributed by atoms with Crippen molar-refractivity contribution in [1.29, 1.82) is 0 Å². The van der Waals surface area contributed by atoms with Gasteiger partial charge in [0.15, 0.2) is 0 Å². The highest BCUT2D eigenvalue weighted by atomic mass is 35.5. The lowest BCUT2D eigenvalue weighted by Crippen LogP contribution is -2.40. The van der Waals surface area contributed by atoms with Crippen molar-refractivity contribution >= 4 is 39.3 Å². The third kappa shape index (κ3) is 4.34. The summed E-state index contributed by atoms with van der Waals surface area (Å²) in [6.45, 7) is 1.21. The molecular weight excluding hydrogens is 380 g/mol.